The van der Waals surface area contributed by atoms with Gasteiger partial charge in [-0.1, -0.05) is 18.2 Å². The molecular weight excluding hydrogens is 421 g/mol. The summed E-state index contributed by atoms with van der Waals surface area (Å²) in [6.07, 6.45) is -0.0820. The van der Waals surface area contributed by atoms with E-state index in [2.05, 4.69) is 15.0 Å². The van der Waals surface area contributed by atoms with Crippen LogP contribution in [0.15, 0.2) is 48.8 Å². The highest BCUT2D eigenvalue weighted by Crippen LogP contribution is 2.40. The minimum Gasteiger partial charge on any atom is -0.278 e. The summed E-state index contributed by atoms with van der Waals surface area (Å²) in [5, 5.41) is 0. The van der Waals surface area contributed by atoms with Crippen LogP contribution in [0.2, 0.25) is 0 Å². The van der Waals surface area contributed by atoms with Crippen molar-refractivity contribution in [2.45, 2.75) is 38.4 Å². The Bertz CT molecular complexity index is 1160. The van der Waals surface area contributed by atoms with E-state index in [0.29, 0.717) is 28.8 Å². The number of halogens is 3. The van der Waals surface area contributed by atoms with Gasteiger partial charge in [-0.05, 0) is 49.1 Å². The lowest BCUT2D eigenvalue weighted by molar-refractivity contribution is -0.145. The minimum absolute atomic E-state index is 0.00734. The molecule has 164 valence electrons. The molecular formula is C23H19F3N4O2. The van der Waals surface area contributed by atoms with Crippen LogP contribution in [-0.4, -0.2) is 32.2 Å². The van der Waals surface area contributed by atoms with E-state index in [9.17, 15) is 22.8 Å². The fourth-order valence-electron chi connectivity index (χ4n) is 3.37. The number of carbonyl (C=O) groups is 2. The number of alkyl halides is 3. The summed E-state index contributed by atoms with van der Waals surface area (Å²) < 4.78 is 38.3. The molecule has 32 heavy (non-hydrogen) atoms. The van der Waals surface area contributed by atoms with Gasteiger partial charge in [0.05, 0.1) is 12.2 Å². The molecule has 1 aliphatic rings. The lowest BCUT2D eigenvalue weighted by Gasteiger charge is -2.18. The number of hydrogen-bond acceptors (Lipinski definition) is 5. The Labute approximate surface area is 182 Å². The summed E-state index contributed by atoms with van der Waals surface area (Å²) in [5.74, 6) is -1.40. The van der Waals surface area contributed by atoms with E-state index < -0.39 is 17.9 Å². The van der Waals surface area contributed by atoms with Gasteiger partial charge in [0.25, 0.3) is 5.91 Å². The summed E-state index contributed by atoms with van der Waals surface area (Å²) in [5.41, 5.74) is 3.31. The molecule has 3 aromatic rings. The minimum atomic E-state index is -4.63. The quantitative estimate of drug-likeness (QED) is 0.526. The van der Waals surface area contributed by atoms with Crippen LogP contribution in [0.4, 0.5) is 13.2 Å². The predicted octanol–water partition coefficient (Wildman–Crippen LogP) is 4.54. The Kier molecular flexibility index (Phi) is 5.73. The molecule has 0 N–H and O–H groups in total. The molecule has 1 aromatic carbocycles. The lowest BCUT2D eigenvalue weighted by atomic mass is 10.1. The SMILES string of the molecule is Cc1ccccc1C(=O)N(C=O)Cc1cc(-c2cnc(C(F)(F)F)nc2)nc(C2CC2)c1. The van der Waals surface area contributed by atoms with Crippen molar-refractivity contribution in [3.05, 3.63) is 77.0 Å². The maximum atomic E-state index is 12.9. The molecule has 2 heterocycles. The molecule has 2 aromatic heterocycles. The number of hydrogen-bond donors (Lipinski definition) is 0. The van der Waals surface area contributed by atoms with Gasteiger partial charge in [-0.2, -0.15) is 13.2 Å². The molecule has 1 saturated carbocycles. The maximum Gasteiger partial charge on any atom is 0.451 e. The first-order chi connectivity index (χ1) is 15.3. The number of benzene rings is 1. The van der Waals surface area contributed by atoms with Crippen molar-refractivity contribution >= 4 is 12.3 Å². The molecule has 0 saturated heterocycles. The average Bonchev–Trinajstić information content (AvgIpc) is 3.62. The molecule has 0 aliphatic heterocycles. The van der Waals surface area contributed by atoms with Gasteiger partial charge in [0.1, 0.15) is 0 Å². The van der Waals surface area contributed by atoms with Crippen LogP contribution in [0, 0.1) is 6.92 Å². The first kappa shape index (κ1) is 21.6. The largest absolute Gasteiger partial charge is 0.451 e. The highest BCUT2D eigenvalue weighted by Gasteiger charge is 2.34. The third kappa shape index (κ3) is 4.66. The number of rotatable bonds is 6. The molecule has 0 spiro atoms. The molecule has 4 rings (SSSR count). The van der Waals surface area contributed by atoms with Crippen molar-refractivity contribution < 1.29 is 22.8 Å². The van der Waals surface area contributed by atoms with E-state index >= 15 is 0 Å². The summed E-state index contributed by atoms with van der Waals surface area (Å²) in [4.78, 5) is 37.0. The van der Waals surface area contributed by atoms with Gasteiger partial charge in [0.15, 0.2) is 0 Å². The van der Waals surface area contributed by atoms with Gasteiger partial charge in [-0.3, -0.25) is 19.5 Å². The maximum absolute atomic E-state index is 12.9. The zero-order valence-corrected chi connectivity index (χ0v) is 17.1. The van der Waals surface area contributed by atoms with Gasteiger partial charge in [0, 0.05) is 35.1 Å². The molecule has 0 atom stereocenters. The summed E-state index contributed by atoms with van der Waals surface area (Å²) >= 11 is 0. The predicted molar refractivity (Wildman–Crippen MR) is 109 cm³/mol. The van der Waals surface area contributed by atoms with Gasteiger partial charge >= 0.3 is 6.18 Å². The standard InChI is InChI=1S/C23H19F3N4O2/c1-14-4-2-3-5-18(14)21(32)30(13-31)12-15-8-19(16-6-7-16)29-20(9-15)17-10-27-22(28-11-17)23(24,25)26/h2-5,8-11,13,16H,6-7,12H2,1H3. The zero-order chi connectivity index (χ0) is 22.9. The molecule has 9 heteroatoms. The number of aromatic nitrogens is 3. The lowest BCUT2D eigenvalue weighted by Crippen LogP contribution is -2.29. The third-order valence-electron chi connectivity index (χ3n) is 5.22. The Morgan fingerprint density at radius 2 is 1.84 bits per heavy atom. The van der Waals surface area contributed by atoms with Gasteiger partial charge in [0.2, 0.25) is 12.2 Å². The van der Waals surface area contributed by atoms with Crippen LogP contribution in [-0.2, 0) is 17.5 Å². The molecule has 0 radical (unpaired) electrons. The van der Waals surface area contributed by atoms with Gasteiger partial charge in [-0.25, -0.2) is 9.97 Å². The Morgan fingerprint density at radius 1 is 1.16 bits per heavy atom. The van der Waals surface area contributed by atoms with Gasteiger partial charge < -0.3 is 0 Å². The normalized spacial score (nSPS) is 13.6. The fraction of sp³-hybridized carbons (Fsp3) is 0.261. The second kappa shape index (κ2) is 8.49. The van der Waals surface area contributed by atoms with E-state index in [4.69, 9.17) is 0 Å². The summed E-state index contributed by atoms with van der Waals surface area (Å²) in [7, 11) is 0. The van der Waals surface area contributed by atoms with Crippen molar-refractivity contribution in [2.24, 2.45) is 0 Å². The zero-order valence-electron chi connectivity index (χ0n) is 17.1. The highest BCUT2D eigenvalue weighted by atomic mass is 19.4. The van der Waals surface area contributed by atoms with Crippen LogP contribution in [0.1, 0.15) is 51.8 Å². The third-order valence-corrected chi connectivity index (χ3v) is 5.22. The van der Waals surface area contributed by atoms with Crippen molar-refractivity contribution in [3.8, 4) is 11.3 Å². The van der Waals surface area contributed by atoms with Crippen molar-refractivity contribution in [2.75, 3.05) is 0 Å². The molecule has 2 amide bonds. The van der Waals surface area contributed by atoms with Crippen LogP contribution < -0.4 is 0 Å². The van der Waals surface area contributed by atoms with Crippen molar-refractivity contribution in [1.82, 2.24) is 19.9 Å². The molecule has 6 nitrogen and oxygen atoms in total. The smallest absolute Gasteiger partial charge is 0.278 e. The first-order valence-corrected chi connectivity index (χ1v) is 9.98. The first-order valence-electron chi connectivity index (χ1n) is 9.98. The molecule has 1 aliphatic carbocycles. The number of pyridine rings is 1. The van der Waals surface area contributed by atoms with Crippen LogP contribution >= 0.6 is 0 Å². The number of nitrogens with zero attached hydrogens (tertiary/aromatic N) is 4. The summed E-state index contributed by atoms with van der Waals surface area (Å²) in [6.45, 7) is 1.80. The number of aryl methyl sites for hydroxylation is 1. The van der Waals surface area contributed by atoms with Crippen LogP contribution in [0.5, 0.6) is 0 Å². The van der Waals surface area contributed by atoms with Crippen molar-refractivity contribution in [1.29, 1.82) is 0 Å². The Hall–Kier alpha value is -3.62. The van der Waals surface area contributed by atoms with E-state index in [1.807, 2.05) is 6.07 Å². The van der Waals surface area contributed by atoms with E-state index in [1.54, 1.807) is 37.3 Å². The molecule has 0 bridgehead atoms. The van der Waals surface area contributed by atoms with Gasteiger partial charge in [-0.15, -0.1) is 0 Å². The Balaban J connectivity index is 1.65. The second-order valence-corrected chi connectivity index (χ2v) is 7.71. The topological polar surface area (TPSA) is 76.1 Å². The Morgan fingerprint density at radius 3 is 2.44 bits per heavy atom. The molecule has 0 unspecified atom stereocenters. The van der Waals surface area contributed by atoms with Crippen LogP contribution in [0.25, 0.3) is 11.3 Å². The summed E-state index contributed by atoms with van der Waals surface area (Å²) in [6, 6.07) is 10.4. The monoisotopic (exact) mass is 440 g/mol. The fourth-order valence-corrected chi connectivity index (χ4v) is 3.37. The van der Waals surface area contributed by atoms with E-state index in [1.165, 1.54) is 0 Å². The number of imide groups is 1. The second-order valence-electron chi connectivity index (χ2n) is 7.71. The number of amides is 2. The molecule has 1 fully saturated rings. The number of carbonyl (C=O) groups excluding carboxylic acids is 2. The highest BCUT2D eigenvalue weighted by molar-refractivity contribution is 6.00. The average molecular weight is 440 g/mol. The van der Waals surface area contributed by atoms with E-state index in [0.717, 1.165) is 41.4 Å². The van der Waals surface area contributed by atoms with E-state index in [-0.39, 0.29) is 12.5 Å². The van der Waals surface area contributed by atoms with Crippen molar-refractivity contribution in [3.63, 3.8) is 0 Å². The van der Waals surface area contributed by atoms with Crippen LogP contribution in [0.3, 0.4) is 0 Å².